The monoisotopic (exact) mass is 262 g/mol. The van der Waals surface area contributed by atoms with E-state index in [-0.39, 0.29) is 4.75 Å². The summed E-state index contributed by atoms with van der Waals surface area (Å²) >= 11 is -0.976. The zero-order valence-electron chi connectivity index (χ0n) is 12.1. The Hall–Kier alpha value is 0.230. The number of hydrogen-bond donors (Lipinski definition) is 2. The van der Waals surface area contributed by atoms with Gasteiger partial charge in [-0.15, -0.1) is 4.72 Å². The summed E-state index contributed by atoms with van der Waals surface area (Å²) in [5.74, 6) is 0.695. The van der Waals surface area contributed by atoms with Crippen LogP contribution >= 0.6 is 0 Å². The number of hydrogen-bond acceptors (Lipinski definition) is 3. The molecule has 17 heavy (non-hydrogen) atoms. The average Bonchev–Trinajstić information content (AvgIpc) is 2.20. The Morgan fingerprint density at radius 3 is 2.18 bits per heavy atom. The Labute approximate surface area is 110 Å². The maximum absolute atomic E-state index is 12.1. The standard InChI is InChI=1S/C13H30N2OS/c1-11(2)8-9-12(7-6-10-14)15-17(16)13(3,4)5/h11-12,15H,6-10,14H2,1-5H3/t12-,17?/m0/s1. The topological polar surface area (TPSA) is 61.1 Å². The largest absolute Gasteiger partial charge is 0.598 e. The van der Waals surface area contributed by atoms with Gasteiger partial charge in [-0.1, -0.05) is 13.8 Å². The summed E-state index contributed by atoms with van der Waals surface area (Å²) in [6.45, 7) is 11.2. The molecule has 0 radical (unpaired) electrons. The van der Waals surface area contributed by atoms with Gasteiger partial charge in [-0.2, -0.15) is 0 Å². The Bertz CT molecular complexity index is 192. The van der Waals surface area contributed by atoms with E-state index in [0.717, 1.165) is 19.3 Å². The molecule has 104 valence electrons. The van der Waals surface area contributed by atoms with Gasteiger partial charge in [-0.25, -0.2) is 0 Å². The van der Waals surface area contributed by atoms with E-state index in [1.807, 2.05) is 20.8 Å². The highest BCUT2D eigenvalue weighted by molar-refractivity contribution is 7.90. The van der Waals surface area contributed by atoms with Gasteiger partial charge in [-0.3, -0.25) is 0 Å². The Morgan fingerprint density at radius 2 is 1.76 bits per heavy atom. The lowest BCUT2D eigenvalue weighted by Crippen LogP contribution is -2.44. The van der Waals surface area contributed by atoms with Crippen LogP contribution in [-0.2, 0) is 11.4 Å². The summed E-state index contributed by atoms with van der Waals surface area (Å²) in [4.78, 5) is 0. The van der Waals surface area contributed by atoms with Gasteiger partial charge in [0.05, 0.1) is 6.04 Å². The first-order valence-corrected chi connectivity index (χ1v) is 7.80. The van der Waals surface area contributed by atoms with E-state index < -0.39 is 11.4 Å². The van der Waals surface area contributed by atoms with Crippen molar-refractivity contribution in [3.63, 3.8) is 0 Å². The van der Waals surface area contributed by atoms with E-state index in [1.165, 1.54) is 6.42 Å². The van der Waals surface area contributed by atoms with Crippen molar-refractivity contribution >= 4 is 11.4 Å². The fraction of sp³-hybridized carbons (Fsp3) is 1.00. The predicted molar refractivity (Wildman–Crippen MR) is 77.2 cm³/mol. The van der Waals surface area contributed by atoms with Gasteiger partial charge in [0.15, 0.2) is 0 Å². The smallest absolute Gasteiger partial charge is 0.136 e. The zero-order chi connectivity index (χ0) is 13.5. The van der Waals surface area contributed by atoms with E-state index in [9.17, 15) is 4.55 Å². The number of rotatable bonds is 8. The highest BCUT2D eigenvalue weighted by atomic mass is 32.2. The second-order valence-corrected chi connectivity index (χ2v) is 8.10. The van der Waals surface area contributed by atoms with Crippen molar-refractivity contribution < 1.29 is 4.55 Å². The molecule has 0 aliphatic rings. The van der Waals surface area contributed by atoms with Crippen LogP contribution in [0, 0.1) is 5.92 Å². The lowest BCUT2D eigenvalue weighted by Gasteiger charge is -2.28. The van der Waals surface area contributed by atoms with Crippen LogP contribution in [-0.4, -0.2) is 21.9 Å². The van der Waals surface area contributed by atoms with Crippen LogP contribution in [0.2, 0.25) is 0 Å². The maximum Gasteiger partial charge on any atom is 0.136 e. The first-order chi connectivity index (χ1) is 7.77. The van der Waals surface area contributed by atoms with Crippen LogP contribution in [0.5, 0.6) is 0 Å². The molecule has 0 fully saturated rings. The molecule has 0 saturated carbocycles. The van der Waals surface area contributed by atoms with Gasteiger partial charge < -0.3 is 10.3 Å². The highest BCUT2D eigenvalue weighted by Crippen LogP contribution is 2.17. The third kappa shape index (κ3) is 8.89. The average molecular weight is 262 g/mol. The molecule has 0 aliphatic carbocycles. The molecule has 0 aliphatic heterocycles. The molecule has 0 saturated heterocycles. The zero-order valence-corrected chi connectivity index (χ0v) is 12.9. The molecule has 0 aromatic heterocycles. The third-order valence-corrected chi connectivity index (χ3v) is 4.34. The molecule has 3 nitrogen and oxygen atoms in total. The van der Waals surface area contributed by atoms with Crippen molar-refractivity contribution in [3.8, 4) is 0 Å². The fourth-order valence-electron chi connectivity index (χ4n) is 1.49. The molecule has 0 aromatic carbocycles. The number of nitrogens with two attached hydrogens (primary N) is 1. The predicted octanol–water partition coefficient (Wildman–Crippen LogP) is 2.58. The normalized spacial score (nSPS) is 16.2. The van der Waals surface area contributed by atoms with Crippen LogP contribution in [0.4, 0.5) is 0 Å². The Morgan fingerprint density at radius 1 is 1.18 bits per heavy atom. The summed E-state index contributed by atoms with van der Waals surface area (Å²) < 4.78 is 15.1. The molecular formula is C13H30N2OS. The van der Waals surface area contributed by atoms with Gasteiger partial charge >= 0.3 is 0 Å². The summed E-state index contributed by atoms with van der Waals surface area (Å²) in [6.07, 6.45) is 4.27. The van der Waals surface area contributed by atoms with Crippen molar-refractivity contribution in [1.82, 2.24) is 4.72 Å². The SMILES string of the molecule is CC(C)CC[C@H](CCCN)N[S+]([O-])C(C)(C)C. The first kappa shape index (κ1) is 17.2. The maximum atomic E-state index is 12.1. The summed E-state index contributed by atoms with van der Waals surface area (Å²) in [5, 5.41) is 0. The first-order valence-electron chi connectivity index (χ1n) is 6.65. The second kappa shape index (κ2) is 8.35. The molecule has 0 heterocycles. The van der Waals surface area contributed by atoms with Gasteiger partial charge in [0.25, 0.3) is 0 Å². The van der Waals surface area contributed by atoms with Crippen molar-refractivity contribution in [2.24, 2.45) is 11.7 Å². The molecule has 0 amide bonds. The van der Waals surface area contributed by atoms with Crippen molar-refractivity contribution in [1.29, 1.82) is 0 Å². The van der Waals surface area contributed by atoms with Crippen LogP contribution < -0.4 is 10.5 Å². The van der Waals surface area contributed by atoms with E-state index >= 15 is 0 Å². The summed E-state index contributed by atoms with van der Waals surface area (Å²) in [5.41, 5.74) is 5.55. The van der Waals surface area contributed by atoms with Gasteiger partial charge in [-0.05, 0) is 58.9 Å². The lowest BCUT2D eigenvalue weighted by molar-refractivity contribution is 0.435. The van der Waals surface area contributed by atoms with E-state index in [1.54, 1.807) is 0 Å². The van der Waals surface area contributed by atoms with Crippen molar-refractivity contribution in [2.75, 3.05) is 6.54 Å². The van der Waals surface area contributed by atoms with Crippen LogP contribution in [0.1, 0.15) is 60.3 Å². The quantitative estimate of drug-likeness (QED) is 0.661. The molecule has 0 bridgehead atoms. The minimum absolute atomic E-state index is 0.196. The van der Waals surface area contributed by atoms with Gasteiger partial charge in [0.1, 0.15) is 4.75 Å². The van der Waals surface area contributed by atoms with E-state index in [4.69, 9.17) is 5.73 Å². The molecule has 0 rings (SSSR count). The Kier molecular flexibility index (Phi) is 8.47. The van der Waals surface area contributed by atoms with Gasteiger partial charge in [0, 0.05) is 11.4 Å². The highest BCUT2D eigenvalue weighted by Gasteiger charge is 2.28. The van der Waals surface area contributed by atoms with E-state index in [0.29, 0.717) is 18.5 Å². The van der Waals surface area contributed by atoms with Crippen LogP contribution in [0.25, 0.3) is 0 Å². The van der Waals surface area contributed by atoms with E-state index in [2.05, 4.69) is 18.6 Å². The molecule has 4 heteroatoms. The van der Waals surface area contributed by atoms with Gasteiger partial charge in [0.2, 0.25) is 0 Å². The fourth-order valence-corrected chi connectivity index (χ4v) is 2.38. The van der Waals surface area contributed by atoms with Crippen molar-refractivity contribution in [2.45, 2.75) is 71.1 Å². The van der Waals surface area contributed by atoms with Crippen LogP contribution in [0.15, 0.2) is 0 Å². The Balaban J connectivity index is 4.17. The molecule has 0 spiro atoms. The lowest BCUT2D eigenvalue weighted by atomic mass is 10.0. The minimum atomic E-state index is -0.976. The molecule has 0 aromatic rings. The molecule has 1 unspecified atom stereocenters. The minimum Gasteiger partial charge on any atom is -0.598 e. The molecular weight excluding hydrogens is 232 g/mol. The molecule has 2 atom stereocenters. The summed E-state index contributed by atoms with van der Waals surface area (Å²) in [6, 6.07) is 0.334. The second-order valence-electron chi connectivity index (χ2n) is 6.10. The van der Waals surface area contributed by atoms with Crippen molar-refractivity contribution in [3.05, 3.63) is 0 Å². The summed E-state index contributed by atoms with van der Waals surface area (Å²) in [7, 11) is 0. The third-order valence-electron chi connectivity index (χ3n) is 2.68. The molecule has 3 N–H and O–H groups in total. The number of nitrogens with one attached hydrogen (secondary N) is 1. The van der Waals surface area contributed by atoms with Crippen LogP contribution in [0.3, 0.4) is 0 Å².